The number of rotatable bonds is 6. The zero-order chi connectivity index (χ0) is 15.2. The standard InChI is InChI=1S/C15H22N2O4/c1-3-21-14-12(5-4-8-16-14)13(15(18)19)17-9-6-11(20-2)7-10-17/h4-5,8,11,13H,3,6-7,9-10H2,1-2H3,(H,18,19)/t13-/m1/s1. The predicted octanol–water partition coefficient (Wildman–Crippen LogP) is 1.72. The molecule has 1 saturated heterocycles. The van der Waals surface area contributed by atoms with Gasteiger partial charge < -0.3 is 14.6 Å². The van der Waals surface area contributed by atoms with Crippen molar-refractivity contribution in [2.45, 2.75) is 31.9 Å². The molecule has 2 heterocycles. The molecule has 116 valence electrons. The summed E-state index contributed by atoms with van der Waals surface area (Å²) < 4.78 is 10.8. The molecule has 1 aliphatic rings. The second-order valence-electron chi connectivity index (χ2n) is 5.04. The van der Waals surface area contributed by atoms with E-state index in [2.05, 4.69) is 4.98 Å². The number of likely N-dealkylation sites (tertiary alicyclic amines) is 1. The van der Waals surface area contributed by atoms with Crippen LogP contribution in [0.3, 0.4) is 0 Å². The molecule has 2 rings (SSSR count). The molecule has 1 atom stereocenters. The lowest BCUT2D eigenvalue weighted by Crippen LogP contribution is -2.42. The average Bonchev–Trinajstić information content (AvgIpc) is 2.50. The molecule has 0 aliphatic carbocycles. The first kappa shape index (κ1) is 15.7. The van der Waals surface area contributed by atoms with Crippen molar-refractivity contribution in [1.29, 1.82) is 0 Å². The molecule has 0 spiro atoms. The third-order valence-corrected chi connectivity index (χ3v) is 3.79. The SMILES string of the molecule is CCOc1ncccc1[C@H](C(=O)O)N1CCC(OC)CC1. The Hall–Kier alpha value is -1.66. The largest absolute Gasteiger partial charge is 0.480 e. The molecule has 1 aliphatic heterocycles. The van der Waals surface area contributed by atoms with E-state index >= 15 is 0 Å². The summed E-state index contributed by atoms with van der Waals surface area (Å²) in [6.45, 7) is 3.70. The van der Waals surface area contributed by atoms with E-state index in [0.717, 1.165) is 12.8 Å². The van der Waals surface area contributed by atoms with Gasteiger partial charge in [-0.05, 0) is 31.9 Å². The van der Waals surface area contributed by atoms with Gasteiger partial charge in [-0.15, -0.1) is 0 Å². The predicted molar refractivity (Wildman–Crippen MR) is 77.4 cm³/mol. The summed E-state index contributed by atoms with van der Waals surface area (Å²) in [4.78, 5) is 17.9. The third kappa shape index (κ3) is 3.71. The van der Waals surface area contributed by atoms with Crippen LogP contribution < -0.4 is 4.74 Å². The van der Waals surface area contributed by atoms with Crippen molar-refractivity contribution in [2.24, 2.45) is 0 Å². The molecule has 0 bridgehead atoms. The number of aromatic nitrogens is 1. The molecule has 0 radical (unpaired) electrons. The van der Waals surface area contributed by atoms with Crippen molar-refractivity contribution >= 4 is 5.97 Å². The lowest BCUT2D eigenvalue weighted by Gasteiger charge is -2.35. The highest BCUT2D eigenvalue weighted by Crippen LogP contribution is 2.30. The molecule has 1 aromatic heterocycles. The summed E-state index contributed by atoms with van der Waals surface area (Å²) in [6, 6.07) is 2.80. The van der Waals surface area contributed by atoms with Gasteiger partial charge in [-0.3, -0.25) is 9.69 Å². The fourth-order valence-electron chi connectivity index (χ4n) is 2.72. The number of hydrogen-bond acceptors (Lipinski definition) is 5. The van der Waals surface area contributed by atoms with Crippen molar-refractivity contribution in [3.8, 4) is 5.88 Å². The third-order valence-electron chi connectivity index (χ3n) is 3.79. The minimum Gasteiger partial charge on any atom is -0.480 e. The molecule has 6 heteroatoms. The van der Waals surface area contributed by atoms with E-state index in [1.807, 2.05) is 11.8 Å². The Balaban J connectivity index is 2.22. The van der Waals surface area contributed by atoms with E-state index in [9.17, 15) is 9.90 Å². The van der Waals surface area contributed by atoms with Crippen LogP contribution in [0.1, 0.15) is 31.4 Å². The summed E-state index contributed by atoms with van der Waals surface area (Å²) >= 11 is 0. The monoisotopic (exact) mass is 294 g/mol. The lowest BCUT2D eigenvalue weighted by molar-refractivity contribution is -0.144. The average molecular weight is 294 g/mol. The van der Waals surface area contributed by atoms with Crippen LogP contribution in [0.15, 0.2) is 18.3 Å². The van der Waals surface area contributed by atoms with Crippen LogP contribution in [0, 0.1) is 0 Å². The Morgan fingerprint density at radius 1 is 1.52 bits per heavy atom. The Morgan fingerprint density at radius 3 is 2.81 bits per heavy atom. The maximum Gasteiger partial charge on any atom is 0.325 e. The Morgan fingerprint density at radius 2 is 2.24 bits per heavy atom. The van der Waals surface area contributed by atoms with Crippen LogP contribution in [0.5, 0.6) is 5.88 Å². The number of ether oxygens (including phenoxy) is 2. The van der Waals surface area contributed by atoms with Crippen molar-refractivity contribution < 1.29 is 19.4 Å². The van der Waals surface area contributed by atoms with Gasteiger partial charge in [0.1, 0.15) is 6.04 Å². The van der Waals surface area contributed by atoms with Gasteiger partial charge in [0.05, 0.1) is 12.7 Å². The zero-order valence-corrected chi connectivity index (χ0v) is 12.5. The van der Waals surface area contributed by atoms with E-state index in [1.54, 1.807) is 25.4 Å². The summed E-state index contributed by atoms with van der Waals surface area (Å²) in [7, 11) is 1.70. The highest BCUT2D eigenvalue weighted by Gasteiger charge is 2.33. The first-order valence-electron chi connectivity index (χ1n) is 7.24. The smallest absolute Gasteiger partial charge is 0.325 e. The molecule has 0 saturated carbocycles. The maximum atomic E-state index is 11.8. The van der Waals surface area contributed by atoms with Gasteiger partial charge in [0.15, 0.2) is 0 Å². The summed E-state index contributed by atoms with van der Waals surface area (Å²) in [5.74, 6) is -0.471. The number of carboxylic acid groups (broad SMARTS) is 1. The molecule has 0 unspecified atom stereocenters. The van der Waals surface area contributed by atoms with Gasteiger partial charge in [0.2, 0.25) is 5.88 Å². The number of methoxy groups -OCH3 is 1. The van der Waals surface area contributed by atoms with Crippen molar-refractivity contribution in [2.75, 3.05) is 26.8 Å². The minimum atomic E-state index is -0.875. The van der Waals surface area contributed by atoms with Crippen LogP contribution >= 0.6 is 0 Å². The number of carboxylic acids is 1. The van der Waals surface area contributed by atoms with E-state index in [4.69, 9.17) is 9.47 Å². The Labute approximate surface area is 124 Å². The van der Waals surface area contributed by atoms with Gasteiger partial charge in [-0.2, -0.15) is 0 Å². The second kappa shape index (κ2) is 7.38. The first-order chi connectivity index (χ1) is 10.2. The minimum absolute atomic E-state index is 0.218. The number of piperidine rings is 1. The van der Waals surface area contributed by atoms with Crippen molar-refractivity contribution in [3.63, 3.8) is 0 Å². The van der Waals surface area contributed by atoms with E-state index in [1.165, 1.54) is 0 Å². The molecule has 0 amide bonds. The number of aliphatic carboxylic acids is 1. The van der Waals surface area contributed by atoms with Gasteiger partial charge in [0.25, 0.3) is 0 Å². The topological polar surface area (TPSA) is 71.9 Å². The van der Waals surface area contributed by atoms with Crippen LogP contribution in [-0.4, -0.2) is 53.9 Å². The molecule has 1 fully saturated rings. The van der Waals surface area contributed by atoms with Gasteiger partial charge in [-0.25, -0.2) is 4.98 Å². The fourth-order valence-corrected chi connectivity index (χ4v) is 2.72. The molecule has 1 aromatic rings. The fraction of sp³-hybridized carbons (Fsp3) is 0.600. The number of carbonyl (C=O) groups is 1. The first-order valence-corrected chi connectivity index (χ1v) is 7.24. The van der Waals surface area contributed by atoms with Crippen LogP contribution in [-0.2, 0) is 9.53 Å². The molecule has 0 aromatic carbocycles. The van der Waals surface area contributed by atoms with E-state index in [0.29, 0.717) is 31.1 Å². The molecule has 1 N–H and O–H groups in total. The van der Waals surface area contributed by atoms with Crippen LogP contribution in [0.4, 0.5) is 0 Å². The molecule has 21 heavy (non-hydrogen) atoms. The quantitative estimate of drug-likeness (QED) is 0.861. The lowest BCUT2D eigenvalue weighted by atomic mass is 10.0. The normalized spacial score (nSPS) is 18.4. The highest BCUT2D eigenvalue weighted by atomic mass is 16.5. The van der Waals surface area contributed by atoms with Gasteiger partial charge in [-0.1, -0.05) is 0 Å². The van der Waals surface area contributed by atoms with Crippen LogP contribution in [0.25, 0.3) is 0 Å². The Bertz CT molecular complexity index is 472. The van der Waals surface area contributed by atoms with E-state index in [-0.39, 0.29) is 6.10 Å². The summed E-state index contributed by atoms with van der Waals surface area (Å²) in [6.07, 6.45) is 3.51. The zero-order valence-electron chi connectivity index (χ0n) is 12.5. The number of nitrogens with zero attached hydrogens (tertiary/aromatic N) is 2. The van der Waals surface area contributed by atoms with Gasteiger partial charge >= 0.3 is 5.97 Å². The molecular weight excluding hydrogens is 272 g/mol. The van der Waals surface area contributed by atoms with Crippen LogP contribution in [0.2, 0.25) is 0 Å². The maximum absolute atomic E-state index is 11.8. The van der Waals surface area contributed by atoms with Crippen molar-refractivity contribution in [1.82, 2.24) is 9.88 Å². The Kier molecular flexibility index (Phi) is 5.52. The van der Waals surface area contributed by atoms with E-state index < -0.39 is 12.0 Å². The van der Waals surface area contributed by atoms with Gasteiger partial charge in [0, 0.05) is 32.0 Å². The highest BCUT2D eigenvalue weighted by molar-refractivity contribution is 5.76. The number of pyridine rings is 1. The number of hydrogen-bond donors (Lipinski definition) is 1. The summed E-state index contributed by atoms with van der Waals surface area (Å²) in [5, 5.41) is 9.64. The van der Waals surface area contributed by atoms with Crippen molar-refractivity contribution in [3.05, 3.63) is 23.9 Å². The molecule has 6 nitrogen and oxygen atoms in total. The summed E-state index contributed by atoms with van der Waals surface area (Å²) in [5.41, 5.74) is 0.614. The molecular formula is C15H22N2O4. The second-order valence-corrected chi connectivity index (χ2v) is 5.04.